The van der Waals surface area contributed by atoms with Gasteiger partial charge in [-0.25, -0.2) is 13.1 Å². The zero-order valence-electron chi connectivity index (χ0n) is 11.6. The normalized spacial score (nSPS) is 11.3. The number of hydrogen-bond donors (Lipinski definition) is 2. The van der Waals surface area contributed by atoms with Gasteiger partial charge in [0.2, 0.25) is 10.0 Å². The first-order chi connectivity index (χ1) is 10.1. The lowest BCUT2D eigenvalue weighted by molar-refractivity contribution is 0.282. The standard InChI is InChI=1S/C15H17NO4S/c1-20-14-4-2-3-5-15(14)21(18,19)16-10-12-6-8-13(11-17)9-7-12/h2-9,16-17H,10-11H2,1H3. The number of hydrogen-bond acceptors (Lipinski definition) is 4. The van der Waals surface area contributed by atoms with Gasteiger partial charge in [0.25, 0.3) is 0 Å². The average Bonchev–Trinajstić information content (AvgIpc) is 2.53. The fourth-order valence-electron chi connectivity index (χ4n) is 1.86. The van der Waals surface area contributed by atoms with E-state index in [2.05, 4.69) is 4.72 Å². The molecule has 0 fully saturated rings. The van der Waals surface area contributed by atoms with Gasteiger partial charge >= 0.3 is 0 Å². The van der Waals surface area contributed by atoms with E-state index in [1.54, 1.807) is 42.5 Å². The number of benzene rings is 2. The molecular formula is C15H17NO4S. The quantitative estimate of drug-likeness (QED) is 0.851. The van der Waals surface area contributed by atoms with Gasteiger partial charge in [0.1, 0.15) is 10.6 Å². The van der Waals surface area contributed by atoms with Gasteiger partial charge in [-0.15, -0.1) is 0 Å². The molecule has 2 N–H and O–H groups in total. The Morgan fingerprint density at radius 1 is 1.05 bits per heavy atom. The summed E-state index contributed by atoms with van der Waals surface area (Å²) in [6.45, 7) is 0.138. The molecular weight excluding hydrogens is 290 g/mol. The van der Waals surface area contributed by atoms with Crippen LogP contribution in [0.3, 0.4) is 0 Å². The lowest BCUT2D eigenvalue weighted by Crippen LogP contribution is -2.23. The molecule has 0 saturated carbocycles. The number of ether oxygens (including phenoxy) is 1. The molecule has 2 aromatic rings. The number of sulfonamides is 1. The SMILES string of the molecule is COc1ccccc1S(=O)(=O)NCc1ccc(CO)cc1. The fraction of sp³-hybridized carbons (Fsp3) is 0.200. The summed E-state index contributed by atoms with van der Waals surface area (Å²) in [7, 11) is -2.21. The summed E-state index contributed by atoms with van der Waals surface area (Å²) in [5.74, 6) is 0.306. The van der Waals surface area contributed by atoms with Crippen LogP contribution in [0.15, 0.2) is 53.4 Å². The maximum absolute atomic E-state index is 12.3. The monoisotopic (exact) mass is 307 g/mol. The largest absolute Gasteiger partial charge is 0.495 e. The van der Waals surface area contributed by atoms with Crippen molar-refractivity contribution in [2.45, 2.75) is 18.0 Å². The van der Waals surface area contributed by atoms with Crippen LogP contribution in [0.25, 0.3) is 0 Å². The van der Waals surface area contributed by atoms with Crippen molar-refractivity contribution >= 4 is 10.0 Å². The Kier molecular flexibility index (Phi) is 4.95. The van der Waals surface area contributed by atoms with E-state index >= 15 is 0 Å². The molecule has 0 aliphatic rings. The molecule has 0 bridgehead atoms. The van der Waals surface area contributed by atoms with Crippen LogP contribution in [0.4, 0.5) is 0 Å². The molecule has 0 spiro atoms. The molecule has 0 unspecified atom stereocenters. The van der Waals surface area contributed by atoms with Crippen LogP contribution in [-0.4, -0.2) is 20.6 Å². The molecule has 2 rings (SSSR count). The first-order valence-corrected chi connectivity index (χ1v) is 7.86. The molecule has 112 valence electrons. The third-order valence-electron chi connectivity index (χ3n) is 3.03. The van der Waals surface area contributed by atoms with E-state index in [4.69, 9.17) is 9.84 Å². The highest BCUT2D eigenvalue weighted by Gasteiger charge is 2.18. The average molecular weight is 307 g/mol. The summed E-state index contributed by atoms with van der Waals surface area (Å²) in [5, 5.41) is 8.97. The maximum atomic E-state index is 12.3. The van der Waals surface area contributed by atoms with E-state index in [1.807, 2.05) is 0 Å². The third-order valence-corrected chi connectivity index (χ3v) is 4.47. The summed E-state index contributed by atoms with van der Waals surface area (Å²) in [6, 6.07) is 13.5. The first-order valence-electron chi connectivity index (χ1n) is 6.38. The number of rotatable bonds is 6. The number of methoxy groups -OCH3 is 1. The second kappa shape index (κ2) is 6.71. The van der Waals surface area contributed by atoms with Crippen LogP contribution in [0.2, 0.25) is 0 Å². The highest BCUT2D eigenvalue weighted by Crippen LogP contribution is 2.22. The predicted molar refractivity (Wildman–Crippen MR) is 79.4 cm³/mol. The van der Waals surface area contributed by atoms with Gasteiger partial charge in [-0.05, 0) is 23.3 Å². The second-order valence-corrected chi connectivity index (χ2v) is 6.19. The lowest BCUT2D eigenvalue weighted by Gasteiger charge is -2.10. The number of nitrogens with one attached hydrogen (secondary N) is 1. The van der Waals surface area contributed by atoms with E-state index < -0.39 is 10.0 Å². The van der Waals surface area contributed by atoms with Gasteiger partial charge in [0, 0.05) is 6.54 Å². The topological polar surface area (TPSA) is 75.6 Å². The number of aliphatic hydroxyl groups excluding tert-OH is 1. The first kappa shape index (κ1) is 15.5. The minimum absolute atomic E-state index is 0.0345. The van der Waals surface area contributed by atoms with Crippen LogP contribution < -0.4 is 9.46 Å². The molecule has 6 heteroatoms. The van der Waals surface area contributed by atoms with Gasteiger partial charge in [0.15, 0.2) is 0 Å². The molecule has 0 amide bonds. The van der Waals surface area contributed by atoms with Gasteiger partial charge in [-0.2, -0.15) is 0 Å². The van der Waals surface area contributed by atoms with E-state index in [9.17, 15) is 8.42 Å². The summed E-state index contributed by atoms with van der Waals surface area (Å²) >= 11 is 0. The molecule has 2 aromatic carbocycles. The van der Waals surface area contributed by atoms with Crippen molar-refractivity contribution in [1.29, 1.82) is 0 Å². The summed E-state index contributed by atoms with van der Waals surface area (Å²) < 4.78 is 32.2. The van der Waals surface area contributed by atoms with Crippen molar-refractivity contribution in [3.8, 4) is 5.75 Å². The summed E-state index contributed by atoms with van der Waals surface area (Å²) in [5.41, 5.74) is 1.59. The van der Waals surface area contributed by atoms with Gasteiger partial charge in [-0.3, -0.25) is 0 Å². The van der Waals surface area contributed by atoms with Gasteiger partial charge in [-0.1, -0.05) is 36.4 Å². The number of para-hydroxylation sites is 1. The van der Waals surface area contributed by atoms with Crippen LogP contribution in [-0.2, 0) is 23.2 Å². The highest BCUT2D eigenvalue weighted by molar-refractivity contribution is 7.89. The molecule has 0 aliphatic carbocycles. The van der Waals surface area contributed by atoms with E-state index in [0.29, 0.717) is 5.75 Å². The minimum Gasteiger partial charge on any atom is -0.495 e. The zero-order valence-corrected chi connectivity index (χ0v) is 12.4. The smallest absolute Gasteiger partial charge is 0.244 e. The molecule has 0 atom stereocenters. The Balaban J connectivity index is 2.13. The second-order valence-electron chi connectivity index (χ2n) is 4.45. The minimum atomic E-state index is -3.64. The van der Waals surface area contributed by atoms with Crippen LogP contribution >= 0.6 is 0 Å². The van der Waals surface area contributed by atoms with Crippen LogP contribution in [0, 0.1) is 0 Å². The molecule has 0 radical (unpaired) electrons. The van der Waals surface area contributed by atoms with Gasteiger partial charge in [0.05, 0.1) is 13.7 Å². The molecule has 0 aromatic heterocycles. The molecule has 0 aliphatic heterocycles. The van der Waals surface area contributed by atoms with Crippen LogP contribution in [0.1, 0.15) is 11.1 Å². The zero-order chi connectivity index (χ0) is 15.3. The van der Waals surface area contributed by atoms with Crippen LogP contribution in [0.5, 0.6) is 5.75 Å². The van der Waals surface area contributed by atoms with Crippen molar-refractivity contribution in [2.24, 2.45) is 0 Å². The molecule has 0 heterocycles. The van der Waals surface area contributed by atoms with Crippen molar-refractivity contribution in [3.63, 3.8) is 0 Å². The lowest BCUT2D eigenvalue weighted by atomic mass is 10.1. The van der Waals surface area contributed by atoms with Gasteiger partial charge < -0.3 is 9.84 Å². The molecule has 21 heavy (non-hydrogen) atoms. The predicted octanol–water partition coefficient (Wildman–Crippen LogP) is 1.67. The van der Waals surface area contributed by atoms with Crippen molar-refractivity contribution in [1.82, 2.24) is 4.72 Å². The van der Waals surface area contributed by atoms with E-state index in [1.165, 1.54) is 13.2 Å². The van der Waals surface area contributed by atoms with Crippen molar-refractivity contribution in [3.05, 3.63) is 59.7 Å². The maximum Gasteiger partial charge on any atom is 0.244 e. The Hall–Kier alpha value is -1.89. The fourth-order valence-corrected chi connectivity index (χ4v) is 3.05. The number of aliphatic hydroxyl groups is 1. The Labute approximate surface area is 124 Å². The summed E-state index contributed by atoms with van der Waals surface area (Å²) in [6.07, 6.45) is 0. The van der Waals surface area contributed by atoms with E-state index in [-0.39, 0.29) is 18.0 Å². The third kappa shape index (κ3) is 3.81. The van der Waals surface area contributed by atoms with Crippen molar-refractivity contribution < 1.29 is 18.3 Å². The molecule has 5 nitrogen and oxygen atoms in total. The molecule has 0 saturated heterocycles. The summed E-state index contributed by atoms with van der Waals surface area (Å²) in [4.78, 5) is 0.111. The highest BCUT2D eigenvalue weighted by atomic mass is 32.2. The van der Waals surface area contributed by atoms with Crippen molar-refractivity contribution in [2.75, 3.05) is 7.11 Å². The Morgan fingerprint density at radius 3 is 2.29 bits per heavy atom. The van der Waals surface area contributed by atoms with E-state index in [0.717, 1.165) is 11.1 Å². The Morgan fingerprint density at radius 2 is 1.67 bits per heavy atom. The Bertz CT molecular complexity index is 696.